The van der Waals surface area contributed by atoms with Crippen molar-refractivity contribution in [2.75, 3.05) is 31.5 Å². The largest absolute Gasteiger partial charge is 0.339 e. The SMILES string of the molecule is CCN(CC(=O)Nc1cccc(C(=O)N(CC)CC)c1)Cc1ccccc1. The van der Waals surface area contributed by atoms with Crippen LogP contribution < -0.4 is 5.32 Å². The van der Waals surface area contributed by atoms with Crippen LogP contribution in [0.4, 0.5) is 5.69 Å². The summed E-state index contributed by atoms with van der Waals surface area (Å²) < 4.78 is 0. The van der Waals surface area contributed by atoms with Crippen LogP contribution in [0.2, 0.25) is 0 Å². The van der Waals surface area contributed by atoms with E-state index in [1.165, 1.54) is 5.56 Å². The Hall–Kier alpha value is -2.66. The monoisotopic (exact) mass is 367 g/mol. The Bertz CT molecular complexity index is 742. The van der Waals surface area contributed by atoms with E-state index in [-0.39, 0.29) is 11.8 Å². The predicted molar refractivity (Wildman–Crippen MR) is 110 cm³/mol. The zero-order valence-electron chi connectivity index (χ0n) is 16.4. The lowest BCUT2D eigenvalue weighted by atomic mass is 10.1. The van der Waals surface area contributed by atoms with E-state index in [1.54, 1.807) is 23.1 Å². The summed E-state index contributed by atoms with van der Waals surface area (Å²) in [6.07, 6.45) is 0. The summed E-state index contributed by atoms with van der Waals surface area (Å²) in [6.45, 7) is 9.10. The van der Waals surface area contributed by atoms with Gasteiger partial charge in [0.2, 0.25) is 5.91 Å². The molecule has 5 nitrogen and oxygen atoms in total. The van der Waals surface area contributed by atoms with Crippen LogP contribution in [0, 0.1) is 0 Å². The van der Waals surface area contributed by atoms with Crippen molar-refractivity contribution in [1.82, 2.24) is 9.80 Å². The number of rotatable bonds is 9. The number of nitrogens with one attached hydrogen (secondary N) is 1. The third-order valence-corrected chi connectivity index (χ3v) is 4.51. The molecule has 2 aromatic rings. The Labute approximate surface area is 162 Å². The lowest BCUT2D eigenvalue weighted by Crippen LogP contribution is -2.33. The molecule has 1 N–H and O–H groups in total. The van der Waals surface area contributed by atoms with Gasteiger partial charge in [0.15, 0.2) is 0 Å². The van der Waals surface area contributed by atoms with Gasteiger partial charge in [-0.15, -0.1) is 0 Å². The summed E-state index contributed by atoms with van der Waals surface area (Å²) in [7, 11) is 0. The smallest absolute Gasteiger partial charge is 0.253 e. The molecule has 0 bridgehead atoms. The lowest BCUT2D eigenvalue weighted by Gasteiger charge is -2.20. The molecule has 5 heteroatoms. The maximum atomic E-state index is 12.5. The number of amides is 2. The zero-order chi connectivity index (χ0) is 19.6. The van der Waals surface area contributed by atoms with Crippen LogP contribution in [0.3, 0.4) is 0 Å². The van der Waals surface area contributed by atoms with Crippen molar-refractivity contribution in [3.63, 3.8) is 0 Å². The van der Waals surface area contributed by atoms with Crippen molar-refractivity contribution in [2.45, 2.75) is 27.3 Å². The highest BCUT2D eigenvalue weighted by Crippen LogP contribution is 2.13. The molecule has 0 atom stereocenters. The number of hydrogen-bond acceptors (Lipinski definition) is 3. The van der Waals surface area contributed by atoms with Crippen molar-refractivity contribution in [2.24, 2.45) is 0 Å². The van der Waals surface area contributed by atoms with E-state index in [9.17, 15) is 9.59 Å². The Morgan fingerprint density at radius 3 is 2.22 bits per heavy atom. The first-order valence-corrected chi connectivity index (χ1v) is 9.52. The van der Waals surface area contributed by atoms with Crippen LogP contribution in [0.5, 0.6) is 0 Å². The van der Waals surface area contributed by atoms with Gasteiger partial charge in [0.1, 0.15) is 0 Å². The molecule has 0 heterocycles. The number of benzene rings is 2. The molecular weight excluding hydrogens is 338 g/mol. The van der Waals surface area contributed by atoms with Crippen molar-refractivity contribution in [1.29, 1.82) is 0 Å². The van der Waals surface area contributed by atoms with E-state index in [1.807, 2.05) is 45.0 Å². The zero-order valence-corrected chi connectivity index (χ0v) is 16.4. The van der Waals surface area contributed by atoms with Gasteiger partial charge in [0, 0.05) is 30.9 Å². The average molecular weight is 367 g/mol. The summed E-state index contributed by atoms with van der Waals surface area (Å²) in [6, 6.07) is 17.2. The highest BCUT2D eigenvalue weighted by molar-refractivity contribution is 5.97. The van der Waals surface area contributed by atoms with Crippen molar-refractivity contribution < 1.29 is 9.59 Å². The summed E-state index contributed by atoms with van der Waals surface area (Å²) in [5.41, 5.74) is 2.42. The first kappa shape index (κ1) is 20.6. The summed E-state index contributed by atoms with van der Waals surface area (Å²) in [5, 5.41) is 2.91. The average Bonchev–Trinajstić information content (AvgIpc) is 2.69. The van der Waals surface area contributed by atoms with Crippen LogP contribution in [-0.2, 0) is 11.3 Å². The Balaban J connectivity index is 1.98. The first-order valence-electron chi connectivity index (χ1n) is 9.52. The molecular formula is C22H29N3O2. The summed E-state index contributed by atoms with van der Waals surface area (Å²) in [4.78, 5) is 28.8. The molecule has 2 rings (SSSR count). The van der Waals surface area contributed by atoms with Gasteiger partial charge in [-0.1, -0.05) is 43.3 Å². The molecule has 0 saturated carbocycles. The maximum Gasteiger partial charge on any atom is 0.253 e. The summed E-state index contributed by atoms with van der Waals surface area (Å²) in [5.74, 6) is -0.101. The molecule has 0 aromatic heterocycles. The molecule has 0 aliphatic rings. The number of anilines is 1. The second-order valence-electron chi connectivity index (χ2n) is 6.40. The third-order valence-electron chi connectivity index (χ3n) is 4.51. The van der Waals surface area contributed by atoms with Crippen LogP contribution in [0.15, 0.2) is 54.6 Å². The number of hydrogen-bond donors (Lipinski definition) is 1. The first-order chi connectivity index (χ1) is 13.1. The van der Waals surface area contributed by atoms with Crippen LogP contribution in [-0.4, -0.2) is 47.8 Å². The molecule has 144 valence electrons. The van der Waals surface area contributed by atoms with Crippen molar-refractivity contribution in [3.05, 3.63) is 65.7 Å². The van der Waals surface area contributed by atoms with E-state index >= 15 is 0 Å². The Morgan fingerprint density at radius 2 is 1.59 bits per heavy atom. The minimum Gasteiger partial charge on any atom is -0.339 e. The van der Waals surface area contributed by atoms with E-state index in [2.05, 4.69) is 22.3 Å². The Morgan fingerprint density at radius 1 is 0.889 bits per heavy atom. The highest BCUT2D eigenvalue weighted by Gasteiger charge is 2.14. The molecule has 0 fully saturated rings. The topological polar surface area (TPSA) is 52.7 Å². The predicted octanol–water partition coefficient (Wildman–Crippen LogP) is 3.63. The molecule has 0 saturated heterocycles. The number of likely N-dealkylation sites (N-methyl/N-ethyl adjacent to an activating group) is 1. The second kappa shape index (κ2) is 10.5. The number of carbonyl (C=O) groups excluding carboxylic acids is 2. The van der Waals surface area contributed by atoms with Gasteiger partial charge in [-0.25, -0.2) is 0 Å². The van der Waals surface area contributed by atoms with Gasteiger partial charge in [-0.05, 0) is 44.2 Å². The fourth-order valence-electron chi connectivity index (χ4n) is 2.95. The van der Waals surface area contributed by atoms with Gasteiger partial charge in [0.05, 0.1) is 6.54 Å². The van der Waals surface area contributed by atoms with Gasteiger partial charge >= 0.3 is 0 Å². The van der Waals surface area contributed by atoms with Crippen LogP contribution in [0.1, 0.15) is 36.7 Å². The normalized spacial score (nSPS) is 10.7. The molecule has 0 radical (unpaired) electrons. The molecule has 0 aliphatic carbocycles. The minimum absolute atomic E-state index is 0.0182. The number of carbonyl (C=O) groups is 2. The van der Waals surface area contributed by atoms with Gasteiger partial charge in [-0.3, -0.25) is 14.5 Å². The fraction of sp³-hybridized carbons (Fsp3) is 0.364. The molecule has 0 spiro atoms. The Kier molecular flexibility index (Phi) is 8.01. The second-order valence-corrected chi connectivity index (χ2v) is 6.40. The standard InChI is InChI=1S/C22H29N3O2/c1-4-24(16-18-11-8-7-9-12-18)17-21(26)23-20-14-10-13-19(15-20)22(27)25(5-2)6-3/h7-15H,4-6,16-17H2,1-3H3,(H,23,26). The van der Waals surface area contributed by atoms with E-state index in [0.29, 0.717) is 30.9 Å². The molecule has 0 aliphatic heterocycles. The molecule has 2 aromatic carbocycles. The molecule has 2 amide bonds. The van der Waals surface area contributed by atoms with Gasteiger partial charge in [-0.2, -0.15) is 0 Å². The van der Waals surface area contributed by atoms with Crippen LogP contribution >= 0.6 is 0 Å². The quantitative estimate of drug-likeness (QED) is 0.736. The number of nitrogens with zero attached hydrogens (tertiary/aromatic N) is 2. The van der Waals surface area contributed by atoms with E-state index < -0.39 is 0 Å². The van der Waals surface area contributed by atoms with Gasteiger partial charge in [0.25, 0.3) is 5.91 Å². The lowest BCUT2D eigenvalue weighted by molar-refractivity contribution is -0.117. The third kappa shape index (κ3) is 6.22. The summed E-state index contributed by atoms with van der Waals surface area (Å²) >= 11 is 0. The van der Waals surface area contributed by atoms with E-state index in [4.69, 9.17) is 0 Å². The highest BCUT2D eigenvalue weighted by atomic mass is 16.2. The van der Waals surface area contributed by atoms with Crippen LogP contribution in [0.25, 0.3) is 0 Å². The van der Waals surface area contributed by atoms with Crippen molar-refractivity contribution >= 4 is 17.5 Å². The molecule has 27 heavy (non-hydrogen) atoms. The van der Waals surface area contributed by atoms with Gasteiger partial charge < -0.3 is 10.2 Å². The maximum absolute atomic E-state index is 12.5. The molecule has 0 unspecified atom stereocenters. The van der Waals surface area contributed by atoms with E-state index in [0.717, 1.165) is 13.1 Å². The fourth-order valence-corrected chi connectivity index (χ4v) is 2.95. The van der Waals surface area contributed by atoms with Crippen molar-refractivity contribution in [3.8, 4) is 0 Å². The minimum atomic E-state index is -0.0831.